The van der Waals surface area contributed by atoms with Crippen molar-refractivity contribution in [1.82, 2.24) is 5.32 Å². The lowest BCUT2D eigenvalue weighted by molar-refractivity contribution is -0.00300. The molecule has 3 atom stereocenters. The van der Waals surface area contributed by atoms with Gasteiger partial charge in [0.25, 0.3) is 0 Å². The molecule has 0 bridgehead atoms. The van der Waals surface area contributed by atoms with Gasteiger partial charge in [0.15, 0.2) is 0 Å². The molecule has 1 rings (SSSR count). The smallest absolute Gasteiger partial charge is 0.0898 e. The van der Waals surface area contributed by atoms with Gasteiger partial charge in [-0.3, -0.25) is 0 Å². The van der Waals surface area contributed by atoms with Crippen molar-refractivity contribution in [2.24, 2.45) is 0 Å². The fourth-order valence-electron chi connectivity index (χ4n) is 1.87. The standard InChI is InChI=1S/C16H27NO3/c1-13(9-10-19-3)17-11-16(18)12-20-14(2)15-7-5-4-6-8-15/h4-8,13-14,16-18H,9-12H2,1-3H3. The molecule has 0 heterocycles. The molecular formula is C16H27NO3. The van der Waals surface area contributed by atoms with E-state index in [-0.39, 0.29) is 6.10 Å². The molecule has 2 N–H and O–H groups in total. The van der Waals surface area contributed by atoms with Gasteiger partial charge in [-0.2, -0.15) is 0 Å². The Bertz CT molecular complexity index is 345. The van der Waals surface area contributed by atoms with Crippen LogP contribution < -0.4 is 5.32 Å². The van der Waals surface area contributed by atoms with Crippen molar-refractivity contribution in [3.05, 3.63) is 35.9 Å². The van der Waals surface area contributed by atoms with Crippen molar-refractivity contribution in [3.8, 4) is 0 Å². The zero-order valence-corrected chi connectivity index (χ0v) is 12.7. The first-order chi connectivity index (χ1) is 9.63. The summed E-state index contributed by atoms with van der Waals surface area (Å²) in [6, 6.07) is 10.4. The number of hydrogen-bond donors (Lipinski definition) is 2. The second-order valence-corrected chi connectivity index (χ2v) is 5.13. The second-order valence-electron chi connectivity index (χ2n) is 5.13. The molecule has 0 spiro atoms. The molecule has 114 valence electrons. The van der Waals surface area contributed by atoms with Crippen LogP contribution in [-0.4, -0.2) is 44.1 Å². The first-order valence-corrected chi connectivity index (χ1v) is 7.20. The maximum atomic E-state index is 9.90. The van der Waals surface area contributed by atoms with E-state index in [2.05, 4.69) is 12.2 Å². The Kier molecular flexibility index (Phi) is 8.46. The van der Waals surface area contributed by atoms with E-state index in [1.165, 1.54) is 0 Å². The number of benzene rings is 1. The maximum absolute atomic E-state index is 9.90. The minimum Gasteiger partial charge on any atom is -0.389 e. The summed E-state index contributed by atoms with van der Waals surface area (Å²) < 4.78 is 10.7. The van der Waals surface area contributed by atoms with Crippen LogP contribution in [0.15, 0.2) is 30.3 Å². The molecule has 0 aliphatic heterocycles. The van der Waals surface area contributed by atoms with Crippen LogP contribution in [0.2, 0.25) is 0 Å². The highest BCUT2D eigenvalue weighted by molar-refractivity contribution is 5.16. The van der Waals surface area contributed by atoms with E-state index in [0.29, 0.717) is 19.2 Å². The van der Waals surface area contributed by atoms with Crippen LogP contribution in [0.1, 0.15) is 31.9 Å². The number of methoxy groups -OCH3 is 1. The highest BCUT2D eigenvalue weighted by atomic mass is 16.5. The molecule has 0 radical (unpaired) electrons. The Morgan fingerprint density at radius 2 is 1.90 bits per heavy atom. The summed E-state index contributed by atoms with van der Waals surface area (Å²) in [6.07, 6.45) is 0.438. The highest BCUT2D eigenvalue weighted by Crippen LogP contribution is 2.15. The van der Waals surface area contributed by atoms with Crippen LogP contribution in [0.3, 0.4) is 0 Å². The van der Waals surface area contributed by atoms with Gasteiger partial charge in [0, 0.05) is 26.3 Å². The first kappa shape index (κ1) is 17.1. The number of rotatable bonds is 10. The third-order valence-corrected chi connectivity index (χ3v) is 3.26. The van der Waals surface area contributed by atoms with Gasteiger partial charge in [0.05, 0.1) is 18.8 Å². The summed E-state index contributed by atoms with van der Waals surface area (Å²) in [7, 11) is 1.69. The predicted octanol–water partition coefficient (Wildman–Crippen LogP) is 2.14. The van der Waals surface area contributed by atoms with Gasteiger partial charge in [-0.1, -0.05) is 30.3 Å². The molecule has 0 amide bonds. The number of aliphatic hydroxyl groups excluding tert-OH is 1. The fraction of sp³-hybridized carbons (Fsp3) is 0.625. The summed E-state index contributed by atoms with van der Waals surface area (Å²) in [5, 5.41) is 13.2. The molecule has 4 nitrogen and oxygen atoms in total. The molecule has 4 heteroatoms. The summed E-state index contributed by atoms with van der Waals surface area (Å²) in [5.74, 6) is 0. The van der Waals surface area contributed by atoms with E-state index in [1.807, 2.05) is 37.3 Å². The Hall–Kier alpha value is -0.940. The molecule has 0 saturated carbocycles. The van der Waals surface area contributed by atoms with Crippen molar-refractivity contribution in [1.29, 1.82) is 0 Å². The maximum Gasteiger partial charge on any atom is 0.0898 e. The zero-order chi connectivity index (χ0) is 14.8. The summed E-state index contributed by atoms with van der Waals surface area (Å²) in [5.41, 5.74) is 1.13. The van der Waals surface area contributed by atoms with E-state index in [9.17, 15) is 5.11 Å². The van der Waals surface area contributed by atoms with Crippen LogP contribution in [0.25, 0.3) is 0 Å². The monoisotopic (exact) mass is 281 g/mol. The SMILES string of the molecule is COCCC(C)NCC(O)COC(C)c1ccccc1. The van der Waals surface area contributed by atoms with Gasteiger partial charge in [-0.05, 0) is 25.8 Å². The third kappa shape index (κ3) is 7.01. The molecule has 0 aliphatic carbocycles. The molecule has 20 heavy (non-hydrogen) atoms. The van der Waals surface area contributed by atoms with Crippen molar-refractivity contribution in [2.45, 2.75) is 38.5 Å². The Balaban J connectivity index is 2.18. The molecular weight excluding hydrogens is 254 g/mol. The van der Waals surface area contributed by atoms with Crippen LogP contribution in [0.4, 0.5) is 0 Å². The predicted molar refractivity (Wildman–Crippen MR) is 80.8 cm³/mol. The summed E-state index contributed by atoms with van der Waals surface area (Å²) in [6.45, 7) is 5.67. The second kappa shape index (κ2) is 9.88. The number of nitrogens with one attached hydrogen (secondary N) is 1. The van der Waals surface area contributed by atoms with Crippen LogP contribution in [-0.2, 0) is 9.47 Å². The van der Waals surface area contributed by atoms with Gasteiger partial charge in [-0.25, -0.2) is 0 Å². The number of hydrogen-bond acceptors (Lipinski definition) is 4. The van der Waals surface area contributed by atoms with Crippen LogP contribution >= 0.6 is 0 Å². The van der Waals surface area contributed by atoms with E-state index in [1.54, 1.807) is 7.11 Å². The zero-order valence-electron chi connectivity index (χ0n) is 12.7. The topological polar surface area (TPSA) is 50.7 Å². The van der Waals surface area contributed by atoms with E-state index < -0.39 is 6.10 Å². The summed E-state index contributed by atoms with van der Waals surface area (Å²) in [4.78, 5) is 0. The van der Waals surface area contributed by atoms with Crippen molar-refractivity contribution >= 4 is 0 Å². The lowest BCUT2D eigenvalue weighted by Gasteiger charge is -2.19. The van der Waals surface area contributed by atoms with Crippen molar-refractivity contribution < 1.29 is 14.6 Å². The highest BCUT2D eigenvalue weighted by Gasteiger charge is 2.10. The molecule has 1 aromatic carbocycles. The molecule has 1 aromatic rings. The van der Waals surface area contributed by atoms with Gasteiger partial charge in [0.2, 0.25) is 0 Å². The molecule has 0 saturated heterocycles. The Labute approximate surface area is 122 Å². The average Bonchev–Trinajstić information content (AvgIpc) is 2.49. The minimum atomic E-state index is -0.494. The van der Waals surface area contributed by atoms with Crippen LogP contribution in [0, 0.1) is 0 Å². The van der Waals surface area contributed by atoms with Crippen molar-refractivity contribution in [3.63, 3.8) is 0 Å². The van der Waals surface area contributed by atoms with Crippen LogP contribution in [0.5, 0.6) is 0 Å². The average molecular weight is 281 g/mol. The van der Waals surface area contributed by atoms with Gasteiger partial charge in [-0.15, -0.1) is 0 Å². The number of ether oxygens (including phenoxy) is 2. The number of aliphatic hydroxyl groups is 1. The van der Waals surface area contributed by atoms with E-state index >= 15 is 0 Å². The van der Waals surface area contributed by atoms with E-state index in [4.69, 9.17) is 9.47 Å². The normalized spacial score (nSPS) is 15.8. The van der Waals surface area contributed by atoms with Gasteiger partial charge < -0.3 is 19.9 Å². The molecule has 3 unspecified atom stereocenters. The lowest BCUT2D eigenvalue weighted by Crippen LogP contribution is -2.36. The Morgan fingerprint density at radius 1 is 1.20 bits per heavy atom. The largest absolute Gasteiger partial charge is 0.389 e. The quantitative estimate of drug-likeness (QED) is 0.690. The van der Waals surface area contributed by atoms with Gasteiger partial charge >= 0.3 is 0 Å². The van der Waals surface area contributed by atoms with Crippen molar-refractivity contribution in [2.75, 3.05) is 26.9 Å². The van der Waals surface area contributed by atoms with Gasteiger partial charge in [0.1, 0.15) is 0 Å². The third-order valence-electron chi connectivity index (χ3n) is 3.26. The molecule has 0 aromatic heterocycles. The Morgan fingerprint density at radius 3 is 2.55 bits per heavy atom. The lowest BCUT2D eigenvalue weighted by atomic mass is 10.1. The summed E-state index contributed by atoms with van der Waals surface area (Å²) >= 11 is 0. The molecule has 0 fully saturated rings. The first-order valence-electron chi connectivity index (χ1n) is 7.20. The minimum absolute atomic E-state index is 0.00300. The fourth-order valence-corrected chi connectivity index (χ4v) is 1.87. The van der Waals surface area contributed by atoms with E-state index in [0.717, 1.165) is 18.6 Å². The molecule has 0 aliphatic rings.